The van der Waals surface area contributed by atoms with Crippen molar-refractivity contribution in [3.05, 3.63) is 30.3 Å². The normalized spacial score (nSPS) is 43.3. The Morgan fingerprint density at radius 1 is 0.955 bits per heavy atom. The number of cyclic esters (lactones) is 1. The van der Waals surface area contributed by atoms with Crippen LogP contribution in [-0.4, -0.2) is 196 Å². The van der Waals surface area contributed by atoms with Crippen LogP contribution in [0.25, 0.3) is 0 Å². The molecule has 0 bridgehead atoms. The van der Waals surface area contributed by atoms with Crippen molar-refractivity contribution in [2.24, 2.45) is 17.8 Å². The number of rotatable bonds is 10. The minimum atomic E-state index is -1.86. The summed E-state index contributed by atoms with van der Waals surface area (Å²) in [5.74, 6) is -1.05. The van der Waals surface area contributed by atoms with Gasteiger partial charge in [0.05, 0.1) is 42.0 Å². The minimum Gasteiger partial charge on any atom is -0.459 e. The third-order valence-electron chi connectivity index (χ3n) is 15.3. The monoisotopic (exact) mass is 969 g/mol. The third-order valence-corrected chi connectivity index (χ3v) is 16.3. The van der Waals surface area contributed by atoms with E-state index < -0.39 is 108 Å². The van der Waals surface area contributed by atoms with Crippen molar-refractivity contribution in [1.29, 1.82) is 0 Å². The van der Waals surface area contributed by atoms with E-state index in [0.717, 1.165) is 24.6 Å². The first-order chi connectivity index (χ1) is 31.3. The number of nitrogens with zero attached hydrogens (tertiary/aromatic N) is 3. The standard InChI is InChI=1S/C49H84N4O13S/c1-14-37-48(10,59)41(55)33(6)50-27-29(2)25-46(8,58)42(66-44-39(54)36(24-30(3)62-44)52(12)45(57)51(11)35-18-16-15-17-19-35)31(4)40(32(5)43(56)64-37)65-38-26-47(9,61-13)49(60,34(7)63-38)28-53-20-22-67-23-21-53/h15-19,29-34,36-42,44,50,54-55,58-60H,14,20-28H2,1-13H3/t29-,30-,31+,32-,33-,34+,36+,37-,38+,39-,40+,41-,42-,44+,46-,47-,48-,49+/m1/s1. The van der Waals surface area contributed by atoms with Crippen LogP contribution in [-0.2, 0) is 33.2 Å². The van der Waals surface area contributed by atoms with Crippen LogP contribution in [0.3, 0.4) is 0 Å². The van der Waals surface area contributed by atoms with Gasteiger partial charge < -0.3 is 64.2 Å². The third kappa shape index (κ3) is 12.5. The zero-order valence-corrected chi connectivity index (χ0v) is 43.1. The molecule has 5 rings (SSSR count). The Kier molecular flexibility index (Phi) is 19.1. The van der Waals surface area contributed by atoms with E-state index in [1.807, 2.05) is 62.9 Å². The molecule has 4 heterocycles. The molecule has 0 saturated carbocycles. The molecule has 6 N–H and O–H groups in total. The predicted octanol–water partition coefficient (Wildman–Crippen LogP) is 3.60. The maximum absolute atomic E-state index is 14.6. The highest BCUT2D eigenvalue weighted by molar-refractivity contribution is 7.99. The van der Waals surface area contributed by atoms with Gasteiger partial charge in [0.2, 0.25) is 0 Å². The number of hydrogen-bond donors (Lipinski definition) is 6. The predicted molar refractivity (Wildman–Crippen MR) is 257 cm³/mol. The molecule has 0 spiro atoms. The van der Waals surface area contributed by atoms with Gasteiger partial charge in [-0.3, -0.25) is 14.6 Å². The highest BCUT2D eigenvalue weighted by atomic mass is 32.2. The SMILES string of the molecule is CC[C@H]1OC(=O)[C@H](C)[C@@H](O[C@H]2C[C@@](C)(OC)[C@](O)(CN3CCSCC3)[C@H](C)O2)[C@H](C)[C@@H](O[C@@H]2O[C@H](C)C[C@H](N(C)C(=O)N(C)c3ccccc3)[C@H]2O)[C@](C)(O)C[C@@H](C)CN[C@H](C)[C@@H](O)[C@]1(C)O. The number of carbonyl (C=O) groups is 2. The lowest BCUT2D eigenvalue weighted by atomic mass is 9.74. The maximum atomic E-state index is 14.6. The van der Waals surface area contributed by atoms with E-state index in [9.17, 15) is 35.1 Å². The van der Waals surface area contributed by atoms with Gasteiger partial charge in [-0.1, -0.05) is 39.0 Å². The number of nitrogens with one attached hydrogen (secondary N) is 1. The summed E-state index contributed by atoms with van der Waals surface area (Å²) >= 11 is 1.87. The molecule has 0 unspecified atom stereocenters. The molecule has 1 aromatic carbocycles. The van der Waals surface area contributed by atoms with Crippen LogP contribution < -0.4 is 10.2 Å². The van der Waals surface area contributed by atoms with E-state index in [0.29, 0.717) is 25.2 Å². The molecule has 4 fully saturated rings. The lowest BCUT2D eigenvalue weighted by Crippen LogP contribution is -2.70. The first-order valence-corrected chi connectivity index (χ1v) is 25.5. The Labute approximate surface area is 403 Å². The van der Waals surface area contributed by atoms with E-state index in [4.69, 9.17) is 28.4 Å². The van der Waals surface area contributed by atoms with Crippen LogP contribution >= 0.6 is 11.8 Å². The zero-order valence-electron chi connectivity index (χ0n) is 42.3. The molecule has 1 aromatic rings. The molecule has 18 heteroatoms. The number of urea groups is 1. The number of aliphatic hydroxyl groups excluding tert-OH is 2. The lowest BCUT2D eigenvalue weighted by Gasteiger charge is -2.55. The van der Waals surface area contributed by atoms with Gasteiger partial charge in [0.25, 0.3) is 0 Å². The fraction of sp³-hybridized carbons (Fsp3) is 0.837. The smallest absolute Gasteiger partial charge is 0.324 e. The highest BCUT2D eigenvalue weighted by Crippen LogP contribution is 2.44. The average Bonchev–Trinajstić information content (AvgIpc) is 3.29. The molecule has 18 atom stereocenters. The molecule has 4 aliphatic heterocycles. The maximum Gasteiger partial charge on any atom is 0.324 e. The molecule has 0 aliphatic carbocycles. The summed E-state index contributed by atoms with van der Waals surface area (Å²) in [4.78, 5) is 33.7. The van der Waals surface area contributed by atoms with Crippen molar-refractivity contribution < 1.29 is 63.5 Å². The second kappa shape index (κ2) is 22.9. The molecule has 67 heavy (non-hydrogen) atoms. The molecule has 4 saturated heterocycles. The number of esters is 1. The quantitative estimate of drug-likeness (QED) is 0.185. The minimum absolute atomic E-state index is 0.0698. The number of methoxy groups -OCH3 is 1. The van der Waals surface area contributed by atoms with E-state index >= 15 is 0 Å². The van der Waals surface area contributed by atoms with Gasteiger partial charge in [0.1, 0.15) is 35.1 Å². The Balaban J connectivity index is 1.54. The number of ether oxygens (including phenoxy) is 6. The van der Waals surface area contributed by atoms with Crippen molar-refractivity contribution >= 4 is 29.4 Å². The second-order valence-electron chi connectivity index (χ2n) is 20.7. The number of para-hydroxylation sites is 1. The number of carbonyl (C=O) groups excluding carboxylic acids is 2. The molecule has 17 nitrogen and oxygen atoms in total. The summed E-state index contributed by atoms with van der Waals surface area (Å²) in [5, 5.41) is 64.1. The van der Waals surface area contributed by atoms with Crippen LogP contribution in [0, 0.1) is 17.8 Å². The summed E-state index contributed by atoms with van der Waals surface area (Å²) in [6.07, 6.45) is -9.12. The Hall–Kier alpha value is -2.17. The number of β-amino-alcohol motifs (C(OH)–C–C–N with tert-alkyl or cyclic N) is 1. The van der Waals surface area contributed by atoms with E-state index in [1.165, 1.54) is 16.7 Å². The van der Waals surface area contributed by atoms with Crippen LogP contribution in [0.5, 0.6) is 0 Å². The lowest BCUT2D eigenvalue weighted by molar-refractivity contribution is -0.339. The summed E-state index contributed by atoms with van der Waals surface area (Å²) in [6.45, 7) is 19.7. The molecule has 4 aliphatic rings. The van der Waals surface area contributed by atoms with Crippen molar-refractivity contribution in [2.75, 3.05) is 63.8 Å². The first-order valence-electron chi connectivity index (χ1n) is 24.3. The van der Waals surface area contributed by atoms with E-state index in [2.05, 4.69) is 10.2 Å². The van der Waals surface area contributed by atoms with E-state index in [1.54, 1.807) is 62.7 Å². The number of hydrogen-bond acceptors (Lipinski definition) is 16. The number of thioether (sulfide) groups is 1. The Morgan fingerprint density at radius 2 is 1.60 bits per heavy atom. The van der Waals surface area contributed by atoms with Gasteiger partial charge in [0, 0.05) is 76.4 Å². The Bertz CT molecular complexity index is 1750. The molecular weight excluding hydrogens is 885 g/mol. The fourth-order valence-electron chi connectivity index (χ4n) is 10.8. The van der Waals surface area contributed by atoms with Crippen molar-refractivity contribution in [1.82, 2.24) is 15.1 Å². The summed E-state index contributed by atoms with van der Waals surface area (Å²) in [5.41, 5.74) is -5.47. The van der Waals surface area contributed by atoms with Crippen LogP contribution in [0.4, 0.5) is 10.5 Å². The molecular formula is C49H84N4O13S. The largest absolute Gasteiger partial charge is 0.459 e. The number of likely N-dealkylation sites (N-methyl/N-ethyl adjacent to an activating group) is 1. The van der Waals surface area contributed by atoms with Gasteiger partial charge in [-0.15, -0.1) is 0 Å². The average molecular weight is 969 g/mol. The summed E-state index contributed by atoms with van der Waals surface area (Å²) < 4.78 is 39.0. The zero-order chi connectivity index (χ0) is 49.8. The van der Waals surface area contributed by atoms with Crippen molar-refractivity contribution in [3.8, 4) is 0 Å². The van der Waals surface area contributed by atoms with Gasteiger partial charge in [-0.25, -0.2) is 4.79 Å². The first kappa shape index (κ1) is 55.8. The summed E-state index contributed by atoms with van der Waals surface area (Å²) in [7, 11) is 4.85. The van der Waals surface area contributed by atoms with Crippen molar-refractivity contribution in [3.63, 3.8) is 0 Å². The van der Waals surface area contributed by atoms with Crippen LogP contribution in [0.1, 0.15) is 94.9 Å². The topological polar surface area (TPSA) is 212 Å². The number of aliphatic hydroxyl groups is 5. The highest BCUT2D eigenvalue weighted by Gasteiger charge is 2.59. The van der Waals surface area contributed by atoms with Crippen LogP contribution in [0.2, 0.25) is 0 Å². The van der Waals surface area contributed by atoms with Crippen molar-refractivity contribution in [2.45, 2.75) is 185 Å². The van der Waals surface area contributed by atoms with Crippen LogP contribution in [0.15, 0.2) is 30.3 Å². The molecule has 0 radical (unpaired) electrons. The van der Waals surface area contributed by atoms with Gasteiger partial charge in [-0.2, -0.15) is 11.8 Å². The number of amides is 2. The van der Waals surface area contributed by atoms with E-state index in [-0.39, 0.29) is 31.2 Å². The number of anilines is 1. The second-order valence-corrected chi connectivity index (χ2v) is 22.0. The number of benzene rings is 1. The van der Waals surface area contributed by atoms with Gasteiger partial charge in [-0.05, 0) is 92.3 Å². The van der Waals surface area contributed by atoms with Gasteiger partial charge >= 0.3 is 12.0 Å². The molecule has 384 valence electrons. The summed E-state index contributed by atoms with van der Waals surface area (Å²) in [6, 6.07) is 7.44. The molecule has 0 aromatic heterocycles. The van der Waals surface area contributed by atoms with Gasteiger partial charge in [0.15, 0.2) is 12.6 Å². The fourth-order valence-corrected chi connectivity index (χ4v) is 11.8. The molecule has 2 amide bonds. The Morgan fingerprint density at radius 3 is 2.21 bits per heavy atom.